The molecule has 3 atom stereocenters. The van der Waals surface area contributed by atoms with Gasteiger partial charge in [0.2, 0.25) is 5.91 Å². The standard InChI is InChI=1S/C13H22N2O.ClH/c1-8(9-2-3-9)13(16)15-12-6-10-4-5-11(7-12)14-10;/h8-12,14H,2-7H2,1H3,(H,15,16);1H. The van der Waals surface area contributed by atoms with Crippen molar-refractivity contribution in [1.82, 2.24) is 10.6 Å². The number of hydrogen-bond donors (Lipinski definition) is 2. The van der Waals surface area contributed by atoms with Gasteiger partial charge in [-0.05, 0) is 44.4 Å². The summed E-state index contributed by atoms with van der Waals surface area (Å²) in [6.45, 7) is 2.09. The number of fused-ring (bicyclic) bond motifs is 2. The lowest BCUT2D eigenvalue weighted by Crippen LogP contribution is -2.49. The van der Waals surface area contributed by atoms with E-state index < -0.39 is 0 Å². The van der Waals surface area contributed by atoms with Gasteiger partial charge in [-0.2, -0.15) is 0 Å². The lowest BCUT2D eigenvalue weighted by atomic mass is 9.98. The number of rotatable bonds is 3. The van der Waals surface area contributed by atoms with Crippen molar-refractivity contribution in [2.24, 2.45) is 11.8 Å². The van der Waals surface area contributed by atoms with Crippen LogP contribution in [0.3, 0.4) is 0 Å². The molecule has 3 nitrogen and oxygen atoms in total. The van der Waals surface area contributed by atoms with Crippen LogP contribution in [0.1, 0.15) is 45.4 Å². The number of carbonyl (C=O) groups is 1. The summed E-state index contributed by atoms with van der Waals surface area (Å²) in [4.78, 5) is 12.0. The summed E-state index contributed by atoms with van der Waals surface area (Å²) in [7, 11) is 0. The molecule has 98 valence electrons. The Labute approximate surface area is 110 Å². The van der Waals surface area contributed by atoms with E-state index in [0.717, 1.165) is 12.8 Å². The molecule has 3 unspecified atom stereocenters. The van der Waals surface area contributed by atoms with E-state index in [1.54, 1.807) is 0 Å². The van der Waals surface area contributed by atoms with Crippen LogP contribution in [0.25, 0.3) is 0 Å². The largest absolute Gasteiger partial charge is 0.353 e. The predicted molar refractivity (Wildman–Crippen MR) is 70.2 cm³/mol. The molecule has 2 N–H and O–H groups in total. The Morgan fingerprint density at radius 2 is 1.76 bits per heavy atom. The fourth-order valence-corrected chi connectivity index (χ4v) is 3.32. The fraction of sp³-hybridized carbons (Fsp3) is 0.923. The average Bonchev–Trinajstić information content (AvgIpc) is 3.04. The van der Waals surface area contributed by atoms with E-state index in [1.807, 2.05) is 0 Å². The third-order valence-electron chi connectivity index (χ3n) is 4.56. The molecule has 3 rings (SSSR count). The molecule has 0 aromatic heterocycles. The molecule has 2 aliphatic heterocycles. The monoisotopic (exact) mass is 258 g/mol. The molecule has 2 heterocycles. The lowest BCUT2D eigenvalue weighted by Gasteiger charge is -2.30. The topological polar surface area (TPSA) is 41.1 Å². The third-order valence-corrected chi connectivity index (χ3v) is 4.56. The second kappa shape index (κ2) is 5.15. The van der Waals surface area contributed by atoms with Crippen LogP contribution in [0.2, 0.25) is 0 Å². The van der Waals surface area contributed by atoms with Gasteiger partial charge in [0.05, 0.1) is 0 Å². The maximum Gasteiger partial charge on any atom is 0.223 e. The average molecular weight is 259 g/mol. The highest BCUT2D eigenvalue weighted by atomic mass is 35.5. The minimum absolute atomic E-state index is 0. The quantitative estimate of drug-likeness (QED) is 0.811. The van der Waals surface area contributed by atoms with Crippen molar-refractivity contribution in [3.63, 3.8) is 0 Å². The summed E-state index contributed by atoms with van der Waals surface area (Å²) in [5.74, 6) is 1.22. The Kier molecular flexibility index (Phi) is 3.99. The zero-order valence-corrected chi connectivity index (χ0v) is 11.3. The van der Waals surface area contributed by atoms with Gasteiger partial charge in [0, 0.05) is 24.0 Å². The molecule has 3 fully saturated rings. The highest BCUT2D eigenvalue weighted by Crippen LogP contribution is 2.37. The molecule has 2 bridgehead atoms. The van der Waals surface area contributed by atoms with Crippen LogP contribution in [0.15, 0.2) is 0 Å². The van der Waals surface area contributed by atoms with E-state index in [-0.39, 0.29) is 18.3 Å². The van der Waals surface area contributed by atoms with Crippen molar-refractivity contribution in [2.75, 3.05) is 0 Å². The number of nitrogens with one attached hydrogen (secondary N) is 2. The molecule has 1 saturated carbocycles. The Morgan fingerprint density at radius 1 is 1.18 bits per heavy atom. The molecule has 0 radical (unpaired) electrons. The van der Waals surface area contributed by atoms with E-state index in [0.29, 0.717) is 30.0 Å². The normalized spacial score (nSPS) is 37.1. The summed E-state index contributed by atoms with van der Waals surface area (Å²) in [6.07, 6.45) is 7.39. The minimum Gasteiger partial charge on any atom is -0.353 e. The smallest absolute Gasteiger partial charge is 0.223 e. The Hall–Kier alpha value is -0.280. The molecular formula is C13H23ClN2O. The zero-order valence-electron chi connectivity index (χ0n) is 10.4. The summed E-state index contributed by atoms with van der Waals surface area (Å²) in [5.41, 5.74) is 0. The molecule has 0 spiro atoms. The molecule has 4 heteroatoms. The number of amides is 1. The van der Waals surface area contributed by atoms with Crippen molar-refractivity contribution in [3.8, 4) is 0 Å². The van der Waals surface area contributed by atoms with Gasteiger partial charge in [-0.15, -0.1) is 12.4 Å². The van der Waals surface area contributed by atoms with Gasteiger partial charge in [0.1, 0.15) is 0 Å². The molecule has 1 aliphatic carbocycles. The van der Waals surface area contributed by atoms with Crippen molar-refractivity contribution >= 4 is 18.3 Å². The van der Waals surface area contributed by atoms with Gasteiger partial charge < -0.3 is 10.6 Å². The zero-order chi connectivity index (χ0) is 11.1. The van der Waals surface area contributed by atoms with E-state index >= 15 is 0 Å². The van der Waals surface area contributed by atoms with Gasteiger partial charge in [-0.25, -0.2) is 0 Å². The maximum atomic E-state index is 12.0. The van der Waals surface area contributed by atoms with Crippen LogP contribution in [-0.4, -0.2) is 24.0 Å². The van der Waals surface area contributed by atoms with Crippen molar-refractivity contribution in [3.05, 3.63) is 0 Å². The Bertz CT molecular complexity index is 281. The van der Waals surface area contributed by atoms with Crippen LogP contribution in [-0.2, 0) is 4.79 Å². The third kappa shape index (κ3) is 2.94. The van der Waals surface area contributed by atoms with Gasteiger partial charge in [0.25, 0.3) is 0 Å². The summed E-state index contributed by atoms with van der Waals surface area (Å²) >= 11 is 0. The van der Waals surface area contributed by atoms with Crippen LogP contribution in [0.5, 0.6) is 0 Å². The van der Waals surface area contributed by atoms with Crippen LogP contribution in [0.4, 0.5) is 0 Å². The predicted octanol–water partition coefficient (Wildman–Crippen LogP) is 1.85. The molecule has 2 saturated heterocycles. The first kappa shape index (κ1) is 13.2. The summed E-state index contributed by atoms with van der Waals surface area (Å²) in [6, 6.07) is 1.77. The first-order valence-electron chi connectivity index (χ1n) is 6.79. The van der Waals surface area contributed by atoms with Gasteiger partial charge >= 0.3 is 0 Å². The van der Waals surface area contributed by atoms with Crippen LogP contribution in [0, 0.1) is 11.8 Å². The van der Waals surface area contributed by atoms with Gasteiger partial charge in [-0.1, -0.05) is 6.92 Å². The first-order chi connectivity index (χ1) is 7.72. The summed E-state index contributed by atoms with van der Waals surface area (Å²) < 4.78 is 0. The van der Waals surface area contributed by atoms with E-state index in [1.165, 1.54) is 25.7 Å². The molecule has 3 aliphatic rings. The molecule has 1 amide bonds. The number of halogens is 1. The van der Waals surface area contributed by atoms with Crippen LogP contribution < -0.4 is 10.6 Å². The lowest BCUT2D eigenvalue weighted by molar-refractivity contribution is -0.126. The molecule has 0 aromatic rings. The van der Waals surface area contributed by atoms with E-state index in [9.17, 15) is 4.79 Å². The van der Waals surface area contributed by atoms with Crippen LogP contribution >= 0.6 is 12.4 Å². The number of piperidine rings is 1. The van der Waals surface area contributed by atoms with Gasteiger partial charge in [-0.3, -0.25) is 4.79 Å². The minimum atomic E-state index is 0. The maximum absolute atomic E-state index is 12.0. The Balaban J connectivity index is 0.00000108. The van der Waals surface area contributed by atoms with Crippen molar-refractivity contribution < 1.29 is 4.79 Å². The second-order valence-corrected chi connectivity index (χ2v) is 5.94. The summed E-state index contributed by atoms with van der Waals surface area (Å²) in [5, 5.41) is 6.87. The molecular weight excluding hydrogens is 236 g/mol. The number of hydrogen-bond acceptors (Lipinski definition) is 2. The first-order valence-corrected chi connectivity index (χ1v) is 6.79. The van der Waals surface area contributed by atoms with Gasteiger partial charge in [0.15, 0.2) is 0 Å². The SMILES string of the molecule is CC(C(=O)NC1CC2CCC(C1)N2)C1CC1.Cl. The van der Waals surface area contributed by atoms with Crippen molar-refractivity contribution in [2.45, 2.75) is 63.6 Å². The molecule has 17 heavy (non-hydrogen) atoms. The number of carbonyl (C=O) groups excluding carboxylic acids is 1. The molecule has 0 aromatic carbocycles. The van der Waals surface area contributed by atoms with E-state index in [2.05, 4.69) is 17.6 Å². The van der Waals surface area contributed by atoms with E-state index in [4.69, 9.17) is 0 Å². The highest BCUT2D eigenvalue weighted by Gasteiger charge is 2.37. The fourth-order valence-electron chi connectivity index (χ4n) is 3.32. The van der Waals surface area contributed by atoms with Crippen molar-refractivity contribution in [1.29, 1.82) is 0 Å². The highest BCUT2D eigenvalue weighted by molar-refractivity contribution is 5.85. The Morgan fingerprint density at radius 3 is 2.29 bits per heavy atom. The second-order valence-electron chi connectivity index (χ2n) is 5.94.